The van der Waals surface area contributed by atoms with Crippen LogP contribution in [0.5, 0.6) is 0 Å². The van der Waals surface area contributed by atoms with Gasteiger partial charge in [0.25, 0.3) is 0 Å². The van der Waals surface area contributed by atoms with Crippen molar-refractivity contribution in [1.82, 2.24) is 25.1 Å². The molecule has 32 heavy (non-hydrogen) atoms. The molecule has 0 atom stereocenters. The van der Waals surface area contributed by atoms with Gasteiger partial charge < -0.3 is 20.1 Å². The molecule has 0 spiro atoms. The molecule has 2 heterocycles. The van der Waals surface area contributed by atoms with E-state index in [-0.39, 0.29) is 29.9 Å². The third-order valence-corrected chi connectivity index (χ3v) is 5.88. The maximum Gasteiger partial charge on any atom is 0.220 e. The fourth-order valence-corrected chi connectivity index (χ4v) is 4.08. The number of hydrogen-bond donors (Lipinski definition) is 2. The number of benzene rings is 1. The van der Waals surface area contributed by atoms with Gasteiger partial charge >= 0.3 is 0 Å². The minimum absolute atomic E-state index is 0. The number of hydrogen-bond acceptors (Lipinski definition) is 3. The molecule has 1 aliphatic heterocycles. The summed E-state index contributed by atoms with van der Waals surface area (Å²) in [6.45, 7) is 6.30. The molecule has 8 heteroatoms. The van der Waals surface area contributed by atoms with Crippen LogP contribution in [0.3, 0.4) is 0 Å². The summed E-state index contributed by atoms with van der Waals surface area (Å²) < 4.78 is 2.21. The van der Waals surface area contributed by atoms with Crippen molar-refractivity contribution in [3.63, 3.8) is 0 Å². The number of carbonyl (C=O) groups is 1. The Hall–Kier alpha value is -2.10. The first-order valence-electron chi connectivity index (χ1n) is 11.5. The lowest BCUT2D eigenvalue weighted by Crippen LogP contribution is -2.46. The second kappa shape index (κ2) is 14.1. The second-order valence-corrected chi connectivity index (χ2v) is 8.10. The Bertz CT molecular complexity index is 830. The van der Waals surface area contributed by atoms with Gasteiger partial charge in [0.05, 0.1) is 0 Å². The summed E-state index contributed by atoms with van der Waals surface area (Å²) >= 11 is 0. The van der Waals surface area contributed by atoms with Gasteiger partial charge in [-0.1, -0.05) is 30.3 Å². The quantitative estimate of drug-likeness (QED) is 0.284. The fraction of sp³-hybridized carbons (Fsp3) is 0.542. The van der Waals surface area contributed by atoms with Gasteiger partial charge in [-0.15, -0.1) is 24.0 Å². The number of amides is 1. The van der Waals surface area contributed by atoms with E-state index >= 15 is 0 Å². The number of piperidine rings is 1. The van der Waals surface area contributed by atoms with Crippen LogP contribution in [0.4, 0.5) is 0 Å². The second-order valence-electron chi connectivity index (χ2n) is 8.10. The summed E-state index contributed by atoms with van der Waals surface area (Å²) in [6, 6.07) is 10.6. The van der Waals surface area contributed by atoms with E-state index in [0.717, 1.165) is 63.6 Å². The summed E-state index contributed by atoms with van der Waals surface area (Å²) in [5.74, 6) is 2.54. The van der Waals surface area contributed by atoms with Crippen LogP contribution in [0.1, 0.15) is 44.0 Å². The molecule has 1 aromatic heterocycles. The number of rotatable bonds is 9. The molecular weight excluding hydrogens is 515 g/mol. The Labute approximate surface area is 209 Å². The van der Waals surface area contributed by atoms with E-state index in [1.165, 1.54) is 5.56 Å². The fourth-order valence-electron chi connectivity index (χ4n) is 4.08. The molecule has 0 bridgehead atoms. The minimum Gasteiger partial charge on any atom is -0.359 e. The molecule has 1 amide bonds. The number of guanidine groups is 1. The SMILES string of the molecule is CCNC(=NCc1nccn1CCCc1ccccc1)N1CCC(CC(=O)NC)CC1.I. The smallest absolute Gasteiger partial charge is 0.220 e. The zero-order chi connectivity index (χ0) is 21.9. The average molecular weight is 553 g/mol. The van der Waals surface area contributed by atoms with Crippen molar-refractivity contribution >= 4 is 35.8 Å². The van der Waals surface area contributed by atoms with Gasteiger partial charge in [0.2, 0.25) is 5.91 Å². The molecule has 1 saturated heterocycles. The molecule has 1 aromatic carbocycles. The molecule has 176 valence electrons. The summed E-state index contributed by atoms with van der Waals surface area (Å²) in [7, 11) is 1.71. The van der Waals surface area contributed by atoms with E-state index < -0.39 is 0 Å². The topological polar surface area (TPSA) is 74.5 Å². The lowest BCUT2D eigenvalue weighted by atomic mass is 9.93. The first kappa shape index (κ1) is 26.2. The monoisotopic (exact) mass is 552 g/mol. The Morgan fingerprint density at radius 1 is 1.22 bits per heavy atom. The number of aliphatic imine (C=N–C) groups is 1. The van der Waals surface area contributed by atoms with E-state index in [4.69, 9.17) is 4.99 Å². The van der Waals surface area contributed by atoms with Crippen LogP contribution < -0.4 is 10.6 Å². The maximum atomic E-state index is 11.6. The largest absolute Gasteiger partial charge is 0.359 e. The molecule has 1 aliphatic rings. The summed E-state index contributed by atoms with van der Waals surface area (Å²) in [4.78, 5) is 23.4. The predicted molar refractivity (Wildman–Crippen MR) is 140 cm³/mol. The third kappa shape index (κ3) is 8.11. The highest BCUT2D eigenvalue weighted by atomic mass is 127. The molecule has 3 rings (SSSR count). The molecule has 0 radical (unpaired) electrons. The normalized spacial score (nSPS) is 14.7. The van der Waals surface area contributed by atoms with E-state index in [2.05, 4.69) is 62.3 Å². The van der Waals surface area contributed by atoms with Crippen LogP contribution in [-0.2, 0) is 24.3 Å². The highest BCUT2D eigenvalue weighted by Gasteiger charge is 2.23. The Balaban J connectivity index is 0.00000363. The number of likely N-dealkylation sites (tertiary alicyclic amines) is 1. The molecule has 7 nitrogen and oxygen atoms in total. The van der Waals surface area contributed by atoms with Crippen molar-refractivity contribution in [1.29, 1.82) is 0 Å². The number of nitrogens with one attached hydrogen (secondary N) is 2. The standard InChI is InChI=1S/C24H36N6O.HI/c1-3-26-24(30-15-11-21(12-16-30)18-23(31)25-2)28-19-22-27-13-17-29(22)14-7-10-20-8-5-4-6-9-20;/h4-6,8-9,13,17,21H,3,7,10-12,14-16,18-19H2,1-2H3,(H,25,31)(H,26,28);1H. The number of halogens is 1. The zero-order valence-electron chi connectivity index (χ0n) is 19.3. The Kier molecular flexibility index (Phi) is 11.5. The van der Waals surface area contributed by atoms with Crippen LogP contribution in [0, 0.1) is 5.92 Å². The third-order valence-electron chi connectivity index (χ3n) is 5.88. The van der Waals surface area contributed by atoms with Crippen molar-refractivity contribution in [2.75, 3.05) is 26.7 Å². The molecule has 2 N–H and O–H groups in total. The van der Waals surface area contributed by atoms with Crippen LogP contribution in [0.2, 0.25) is 0 Å². The van der Waals surface area contributed by atoms with Gasteiger partial charge in [-0.2, -0.15) is 0 Å². The molecule has 0 unspecified atom stereocenters. The zero-order valence-corrected chi connectivity index (χ0v) is 21.6. The first-order chi connectivity index (χ1) is 15.2. The lowest BCUT2D eigenvalue weighted by molar-refractivity contribution is -0.121. The first-order valence-corrected chi connectivity index (χ1v) is 11.5. The molecular formula is C24H37IN6O. The van der Waals surface area contributed by atoms with E-state index in [0.29, 0.717) is 18.9 Å². The number of nitrogens with zero attached hydrogens (tertiary/aromatic N) is 4. The minimum atomic E-state index is 0. The van der Waals surface area contributed by atoms with Gasteiger partial charge in [-0.05, 0) is 44.1 Å². The molecule has 1 fully saturated rings. The molecule has 0 saturated carbocycles. The molecule has 0 aliphatic carbocycles. The summed E-state index contributed by atoms with van der Waals surface area (Å²) in [5, 5.41) is 6.16. The number of aryl methyl sites for hydroxylation is 2. The van der Waals surface area contributed by atoms with Gasteiger partial charge in [0, 0.05) is 52.0 Å². The van der Waals surface area contributed by atoms with Crippen molar-refractivity contribution in [3.8, 4) is 0 Å². The maximum absolute atomic E-state index is 11.6. The highest BCUT2D eigenvalue weighted by Crippen LogP contribution is 2.20. The van der Waals surface area contributed by atoms with Crippen LogP contribution in [0.25, 0.3) is 0 Å². The number of aromatic nitrogens is 2. The summed E-state index contributed by atoms with van der Waals surface area (Å²) in [6.07, 6.45) is 8.72. The molecule has 2 aromatic rings. The van der Waals surface area contributed by atoms with Crippen molar-refractivity contribution in [2.45, 2.75) is 52.1 Å². The van der Waals surface area contributed by atoms with Gasteiger partial charge in [-0.25, -0.2) is 9.98 Å². The van der Waals surface area contributed by atoms with Crippen LogP contribution in [-0.4, -0.2) is 53.0 Å². The van der Waals surface area contributed by atoms with Gasteiger partial charge in [0.15, 0.2) is 5.96 Å². The Morgan fingerprint density at radius 3 is 2.66 bits per heavy atom. The van der Waals surface area contributed by atoms with E-state index in [1.807, 2.05) is 12.4 Å². The van der Waals surface area contributed by atoms with E-state index in [1.54, 1.807) is 7.05 Å². The predicted octanol–water partition coefficient (Wildman–Crippen LogP) is 3.45. The van der Waals surface area contributed by atoms with Crippen molar-refractivity contribution in [3.05, 3.63) is 54.1 Å². The number of carbonyl (C=O) groups excluding carboxylic acids is 1. The van der Waals surface area contributed by atoms with Gasteiger partial charge in [-0.3, -0.25) is 4.79 Å². The highest BCUT2D eigenvalue weighted by molar-refractivity contribution is 14.0. The Morgan fingerprint density at radius 2 is 1.97 bits per heavy atom. The van der Waals surface area contributed by atoms with Gasteiger partial charge in [0.1, 0.15) is 12.4 Å². The number of imidazole rings is 1. The lowest BCUT2D eigenvalue weighted by Gasteiger charge is -2.34. The van der Waals surface area contributed by atoms with E-state index in [9.17, 15) is 4.79 Å². The van der Waals surface area contributed by atoms with Crippen LogP contribution in [0.15, 0.2) is 47.7 Å². The average Bonchev–Trinajstić information content (AvgIpc) is 3.25. The van der Waals surface area contributed by atoms with Crippen LogP contribution >= 0.6 is 24.0 Å². The van der Waals surface area contributed by atoms with Crippen molar-refractivity contribution < 1.29 is 4.79 Å². The summed E-state index contributed by atoms with van der Waals surface area (Å²) in [5.41, 5.74) is 1.37. The van der Waals surface area contributed by atoms with Crippen molar-refractivity contribution in [2.24, 2.45) is 10.9 Å².